The van der Waals surface area contributed by atoms with Crippen molar-refractivity contribution in [1.82, 2.24) is 10.5 Å². The highest BCUT2D eigenvalue weighted by Crippen LogP contribution is 2.20. The van der Waals surface area contributed by atoms with Gasteiger partial charge in [0, 0.05) is 24.7 Å². The van der Waals surface area contributed by atoms with Gasteiger partial charge in [0.15, 0.2) is 5.76 Å². The van der Waals surface area contributed by atoms with E-state index in [0.29, 0.717) is 18.8 Å². The van der Waals surface area contributed by atoms with E-state index >= 15 is 0 Å². The molecule has 2 aromatic carbocycles. The first-order chi connectivity index (χ1) is 10.7. The minimum Gasteiger partial charge on any atom is -0.508 e. The van der Waals surface area contributed by atoms with Gasteiger partial charge in [0.1, 0.15) is 11.6 Å². The third-order valence-electron chi connectivity index (χ3n) is 3.23. The van der Waals surface area contributed by atoms with E-state index in [1.165, 1.54) is 12.1 Å². The zero-order valence-electron chi connectivity index (χ0n) is 11.8. The van der Waals surface area contributed by atoms with Gasteiger partial charge in [0.25, 0.3) is 0 Å². The smallest absolute Gasteiger partial charge is 0.167 e. The summed E-state index contributed by atoms with van der Waals surface area (Å²) in [6.45, 7) is 1.16. The van der Waals surface area contributed by atoms with E-state index in [2.05, 4.69) is 10.5 Å². The van der Waals surface area contributed by atoms with Crippen molar-refractivity contribution in [1.29, 1.82) is 0 Å². The van der Waals surface area contributed by atoms with Crippen LogP contribution in [0.15, 0.2) is 59.1 Å². The summed E-state index contributed by atoms with van der Waals surface area (Å²) in [4.78, 5) is 0. The van der Waals surface area contributed by atoms with Crippen LogP contribution in [0.25, 0.3) is 11.3 Å². The normalized spacial score (nSPS) is 10.8. The summed E-state index contributed by atoms with van der Waals surface area (Å²) in [5, 5.41) is 16.6. The first-order valence-corrected chi connectivity index (χ1v) is 6.91. The quantitative estimate of drug-likeness (QED) is 0.757. The first-order valence-electron chi connectivity index (χ1n) is 6.91. The van der Waals surface area contributed by atoms with Gasteiger partial charge in [-0.25, -0.2) is 4.39 Å². The van der Waals surface area contributed by atoms with E-state index < -0.39 is 0 Å². The third-order valence-corrected chi connectivity index (χ3v) is 3.23. The summed E-state index contributed by atoms with van der Waals surface area (Å²) in [6.07, 6.45) is 0. The average molecular weight is 298 g/mol. The van der Waals surface area contributed by atoms with Gasteiger partial charge < -0.3 is 14.9 Å². The number of hydrogen-bond donors (Lipinski definition) is 2. The molecule has 0 spiro atoms. The van der Waals surface area contributed by atoms with Gasteiger partial charge in [-0.3, -0.25) is 0 Å². The number of aromatic nitrogens is 1. The molecule has 1 heterocycles. The molecular weight excluding hydrogens is 283 g/mol. The van der Waals surface area contributed by atoms with E-state index in [-0.39, 0.29) is 11.6 Å². The Kier molecular flexibility index (Phi) is 4.16. The van der Waals surface area contributed by atoms with Gasteiger partial charge in [-0.1, -0.05) is 17.3 Å². The Hall–Kier alpha value is -2.66. The minimum absolute atomic E-state index is 0.249. The highest BCUT2D eigenvalue weighted by Gasteiger charge is 2.06. The lowest BCUT2D eigenvalue weighted by Gasteiger charge is -2.02. The monoisotopic (exact) mass is 298 g/mol. The fourth-order valence-electron chi connectivity index (χ4n) is 2.15. The molecule has 22 heavy (non-hydrogen) atoms. The van der Waals surface area contributed by atoms with Crippen LogP contribution in [-0.2, 0) is 13.1 Å². The fourth-order valence-corrected chi connectivity index (χ4v) is 2.15. The number of phenols is 1. The van der Waals surface area contributed by atoms with Gasteiger partial charge in [-0.05, 0) is 42.0 Å². The molecule has 0 atom stereocenters. The second-order valence-electron chi connectivity index (χ2n) is 4.96. The molecule has 3 aromatic rings. The molecule has 0 aliphatic carbocycles. The van der Waals surface area contributed by atoms with Crippen LogP contribution < -0.4 is 5.32 Å². The van der Waals surface area contributed by atoms with Crippen molar-refractivity contribution in [2.45, 2.75) is 13.1 Å². The molecule has 0 saturated carbocycles. The molecular formula is C17H15FN2O2. The van der Waals surface area contributed by atoms with Crippen LogP contribution in [0.5, 0.6) is 5.75 Å². The molecule has 0 aliphatic rings. The van der Waals surface area contributed by atoms with Gasteiger partial charge in [0.05, 0.1) is 5.69 Å². The van der Waals surface area contributed by atoms with Crippen molar-refractivity contribution in [3.05, 3.63) is 71.7 Å². The molecule has 0 aliphatic heterocycles. The van der Waals surface area contributed by atoms with Crippen molar-refractivity contribution in [2.24, 2.45) is 0 Å². The van der Waals surface area contributed by atoms with Crippen LogP contribution in [-0.4, -0.2) is 10.3 Å². The van der Waals surface area contributed by atoms with Crippen LogP contribution >= 0.6 is 0 Å². The average Bonchev–Trinajstić information content (AvgIpc) is 2.97. The number of nitrogens with one attached hydrogen (secondary N) is 1. The summed E-state index contributed by atoms with van der Waals surface area (Å²) in [7, 11) is 0. The van der Waals surface area contributed by atoms with Crippen molar-refractivity contribution in [3.8, 4) is 17.1 Å². The molecule has 4 nitrogen and oxygen atoms in total. The number of benzene rings is 2. The van der Waals surface area contributed by atoms with E-state index in [0.717, 1.165) is 16.8 Å². The van der Waals surface area contributed by atoms with Crippen molar-refractivity contribution in [2.75, 3.05) is 0 Å². The predicted octanol–water partition coefficient (Wildman–Crippen LogP) is 3.48. The highest BCUT2D eigenvalue weighted by atomic mass is 19.1. The Balaban J connectivity index is 1.59. The Bertz CT molecular complexity index is 753. The van der Waals surface area contributed by atoms with Crippen LogP contribution in [0.1, 0.15) is 11.3 Å². The van der Waals surface area contributed by atoms with E-state index in [1.807, 2.05) is 12.1 Å². The molecule has 3 rings (SSSR count). The zero-order valence-corrected chi connectivity index (χ0v) is 11.8. The number of rotatable bonds is 5. The van der Waals surface area contributed by atoms with Gasteiger partial charge >= 0.3 is 0 Å². The third kappa shape index (κ3) is 3.51. The van der Waals surface area contributed by atoms with Crippen LogP contribution in [0, 0.1) is 5.82 Å². The Labute approximate surface area is 127 Å². The van der Waals surface area contributed by atoms with E-state index in [4.69, 9.17) is 4.52 Å². The summed E-state index contributed by atoms with van der Waals surface area (Å²) < 4.78 is 18.1. The second kappa shape index (κ2) is 6.41. The lowest BCUT2D eigenvalue weighted by atomic mass is 10.1. The van der Waals surface area contributed by atoms with Crippen LogP contribution in [0.3, 0.4) is 0 Å². The van der Waals surface area contributed by atoms with E-state index in [1.54, 1.807) is 30.3 Å². The molecule has 112 valence electrons. The summed E-state index contributed by atoms with van der Waals surface area (Å²) in [5.41, 5.74) is 2.54. The molecule has 0 radical (unpaired) electrons. The van der Waals surface area contributed by atoms with E-state index in [9.17, 15) is 9.50 Å². The van der Waals surface area contributed by atoms with Gasteiger partial charge in [0.2, 0.25) is 0 Å². The maximum absolute atomic E-state index is 12.9. The molecule has 0 unspecified atom stereocenters. The summed E-state index contributed by atoms with van der Waals surface area (Å²) in [6, 6.07) is 15.0. The molecule has 0 bridgehead atoms. The molecule has 0 amide bonds. The molecule has 2 N–H and O–H groups in total. The van der Waals surface area contributed by atoms with Gasteiger partial charge in [-0.2, -0.15) is 0 Å². The van der Waals surface area contributed by atoms with Crippen molar-refractivity contribution < 1.29 is 14.0 Å². The zero-order chi connectivity index (χ0) is 15.4. The first kappa shape index (κ1) is 14.3. The molecule has 5 heteroatoms. The van der Waals surface area contributed by atoms with Crippen molar-refractivity contribution >= 4 is 0 Å². The number of nitrogens with zero attached hydrogens (tertiary/aromatic N) is 1. The number of hydrogen-bond acceptors (Lipinski definition) is 4. The Morgan fingerprint density at radius 3 is 2.64 bits per heavy atom. The maximum Gasteiger partial charge on any atom is 0.167 e. The lowest BCUT2D eigenvalue weighted by Crippen LogP contribution is -2.12. The molecule has 0 fully saturated rings. The van der Waals surface area contributed by atoms with Crippen molar-refractivity contribution in [3.63, 3.8) is 0 Å². The lowest BCUT2D eigenvalue weighted by molar-refractivity contribution is 0.420. The minimum atomic E-state index is -0.281. The largest absolute Gasteiger partial charge is 0.508 e. The highest BCUT2D eigenvalue weighted by molar-refractivity contribution is 5.57. The molecule has 1 aromatic heterocycles. The standard InChI is InChI=1S/C17H15FN2O2/c18-14-6-4-13(5-7-14)17-9-15(20-22-17)11-19-10-12-2-1-3-16(21)8-12/h1-9,19,21H,10-11H2. The topological polar surface area (TPSA) is 58.3 Å². The Morgan fingerprint density at radius 2 is 1.86 bits per heavy atom. The number of halogens is 1. The Morgan fingerprint density at radius 1 is 1.05 bits per heavy atom. The number of aromatic hydroxyl groups is 1. The number of phenolic OH excluding ortho intramolecular Hbond substituents is 1. The van der Waals surface area contributed by atoms with Crippen LogP contribution in [0.4, 0.5) is 4.39 Å². The SMILES string of the molecule is Oc1cccc(CNCc2cc(-c3ccc(F)cc3)on2)c1. The predicted molar refractivity (Wildman–Crippen MR) is 80.5 cm³/mol. The van der Waals surface area contributed by atoms with Gasteiger partial charge in [-0.15, -0.1) is 0 Å². The maximum atomic E-state index is 12.9. The van der Waals surface area contributed by atoms with Crippen LogP contribution in [0.2, 0.25) is 0 Å². The molecule has 0 saturated heterocycles. The fraction of sp³-hybridized carbons (Fsp3) is 0.118. The second-order valence-corrected chi connectivity index (χ2v) is 4.96. The summed E-state index contributed by atoms with van der Waals surface area (Å²) >= 11 is 0. The summed E-state index contributed by atoms with van der Waals surface area (Å²) in [5.74, 6) is 0.574.